The van der Waals surface area contributed by atoms with Gasteiger partial charge in [0.15, 0.2) is 5.96 Å². The van der Waals surface area contributed by atoms with Gasteiger partial charge in [0.2, 0.25) is 0 Å². The molecule has 0 aromatic heterocycles. The predicted octanol–water partition coefficient (Wildman–Crippen LogP) is 2.59. The van der Waals surface area contributed by atoms with Crippen molar-refractivity contribution < 1.29 is 4.79 Å². The molecule has 1 atom stereocenters. The Kier molecular flexibility index (Phi) is 4.80. The summed E-state index contributed by atoms with van der Waals surface area (Å²) >= 11 is 0. The Balaban J connectivity index is 1.99. The summed E-state index contributed by atoms with van der Waals surface area (Å²) in [6, 6.07) is 9.08. The van der Waals surface area contributed by atoms with Crippen LogP contribution in [-0.4, -0.2) is 40.9 Å². The molecule has 2 rings (SSSR count). The lowest BCUT2D eigenvalue weighted by molar-refractivity contribution is -0.0220. The van der Waals surface area contributed by atoms with E-state index in [9.17, 15) is 4.79 Å². The lowest BCUT2D eigenvalue weighted by Crippen LogP contribution is -2.67. The molecule has 0 aliphatic carbocycles. The number of carbonyl (C=O) groups is 1. The number of amides is 1. The molecule has 1 heterocycles. The van der Waals surface area contributed by atoms with Crippen LogP contribution in [0.4, 0.5) is 0 Å². The third-order valence-electron chi connectivity index (χ3n) is 5.26. The fourth-order valence-electron chi connectivity index (χ4n) is 3.27. The van der Waals surface area contributed by atoms with Gasteiger partial charge < -0.3 is 5.32 Å². The molecule has 0 bridgehead atoms. The Hall–Kier alpha value is -1.88. The van der Waals surface area contributed by atoms with Crippen LogP contribution >= 0.6 is 0 Å². The molecule has 0 saturated carbocycles. The van der Waals surface area contributed by atoms with Gasteiger partial charge in [0, 0.05) is 22.7 Å². The summed E-state index contributed by atoms with van der Waals surface area (Å²) in [7, 11) is 2.13. The van der Waals surface area contributed by atoms with Crippen LogP contribution in [0.1, 0.15) is 50.9 Å². The Morgan fingerprint density at radius 2 is 1.83 bits per heavy atom. The van der Waals surface area contributed by atoms with Gasteiger partial charge in [-0.2, -0.15) is 0 Å². The fraction of sp³-hybridized carbons (Fsp3) is 0.556. The van der Waals surface area contributed by atoms with Gasteiger partial charge in [0.25, 0.3) is 5.91 Å². The number of rotatable bonds is 2. The zero-order valence-electron chi connectivity index (χ0n) is 14.7. The number of likely N-dealkylation sites (N-methyl/N-ethyl adjacent to an activating group) is 1. The van der Waals surface area contributed by atoms with Crippen molar-refractivity contribution >= 4 is 11.9 Å². The highest BCUT2D eigenvalue weighted by molar-refractivity contribution is 6.04. The zero-order chi connectivity index (χ0) is 17.3. The Morgan fingerprint density at radius 1 is 1.22 bits per heavy atom. The number of likely N-dealkylation sites (tertiary alicyclic amines) is 1. The number of guanidine groups is 1. The van der Waals surface area contributed by atoms with Crippen molar-refractivity contribution in [2.75, 3.05) is 7.05 Å². The lowest BCUT2D eigenvalue weighted by atomic mass is 9.77. The Labute approximate surface area is 139 Å². The van der Waals surface area contributed by atoms with Crippen molar-refractivity contribution in [1.29, 1.82) is 5.41 Å². The molecule has 5 heteroatoms. The number of hydrogen-bond donors (Lipinski definition) is 3. The SMILES string of the molecule is CN1C(C)(C)CCC(NC(=N)NC(=O)c2ccccc2)C1(C)C. The van der Waals surface area contributed by atoms with Crippen LogP contribution in [-0.2, 0) is 0 Å². The minimum absolute atomic E-state index is 0.0602. The van der Waals surface area contributed by atoms with Gasteiger partial charge >= 0.3 is 0 Å². The van der Waals surface area contributed by atoms with Crippen LogP contribution in [0.15, 0.2) is 30.3 Å². The van der Waals surface area contributed by atoms with Gasteiger partial charge in [-0.25, -0.2) is 0 Å². The maximum absolute atomic E-state index is 12.1. The quantitative estimate of drug-likeness (QED) is 0.580. The van der Waals surface area contributed by atoms with Crippen LogP contribution < -0.4 is 10.6 Å². The second-order valence-electron chi connectivity index (χ2n) is 7.46. The smallest absolute Gasteiger partial charge is 0.257 e. The highest BCUT2D eigenvalue weighted by Gasteiger charge is 2.45. The monoisotopic (exact) mass is 316 g/mol. The highest BCUT2D eigenvalue weighted by atomic mass is 16.1. The third-order valence-corrected chi connectivity index (χ3v) is 5.26. The summed E-state index contributed by atoms with van der Waals surface area (Å²) < 4.78 is 0. The van der Waals surface area contributed by atoms with E-state index in [-0.39, 0.29) is 29.0 Å². The zero-order valence-corrected chi connectivity index (χ0v) is 14.7. The van der Waals surface area contributed by atoms with Crippen LogP contribution in [0.25, 0.3) is 0 Å². The van der Waals surface area contributed by atoms with Gasteiger partial charge in [0.05, 0.1) is 0 Å². The van der Waals surface area contributed by atoms with Crippen molar-refractivity contribution in [1.82, 2.24) is 15.5 Å². The van der Waals surface area contributed by atoms with Gasteiger partial charge in [-0.3, -0.25) is 20.4 Å². The minimum Gasteiger partial charge on any atom is -0.352 e. The third kappa shape index (κ3) is 3.72. The van der Waals surface area contributed by atoms with E-state index in [1.54, 1.807) is 12.1 Å². The summed E-state index contributed by atoms with van der Waals surface area (Å²) in [6.45, 7) is 8.84. The number of nitrogens with zero attached hydrogens (tertiary/aromatic N) is 1. The standard InChI is InChI=1S/C18H28N4O/c1-17(2)12-11-14(18(3,4)22(17)5)20-16(19)21-15(23)13-9-7-6-8-10-13/h6-10,14H,11-12H2,1-5H3,(H3,19,20,21,23). The molecule has 1 aliphatic heterocycles. The van der Waals surface area contributed by atoms with E-state index >= 15 is 0 Å². The van der Waals surface area contributed by atoms with Gasteiger partial charge in [-0.05, 0) is 59.7 Å². The second kappa shape index (κ2) is 6.32. The fourth-order valence-corrected chi connectivity index (χ4v) is 3.27. The van der Waals surface area contributed by atoms with Gasteiger partial charge in [-0.15, -0.1) is 0 Å². The first-order valence-corrected chi connectivity index (χ1v) is 8.10. The molecule has 1 unspecified atom stereocenters. The molecule has 1 amide bonds. The first-order valence-electron chi connectivity index (χ1n) is 8.10. The van der Waals surface area contributed by atoms with Crippen LogP contribution in [0.2, 0.25) is 0 Å². The van der Waals surface area contributed by atoms with E-state index in [0.717, 1.165) is 12.8 Å². The maximum atomic E-state index is 12.1. The molecule has 1 aliphatic rings. The largest absolute Gasteiger partial charge is 0.352 e. The number of carbonyl (C=O) groups excluding carboxylic acids is 1. The van der Waals surface area contributed by atoms with E-state index in [2.05, 4.69) is 50.3 Å². The van der Waals surface area contributed by atoms with Gasteiger partial charge in [-0.1, -0.05) is 18.2 Å². The van der Waals surface area contributed by atoms with Crippen molar-refractivity contribution in [2.45, 2.75) is 57.7 Å². The molecule has 1 aromatic rings. The molecule has 126 valence electrons. The highest BCUT2D eigenvalue weighted by Crippen LogP contribution is 2.36. The molecule has 0 radical (unpaired) electrons. The minimum atomic E-state index is -0.259. The number of nitrogens with one attached hydrogen (secondary N) is 3. The van der Waals surface area contributed by atoms with Crippen molar-refractivity contribution in [2.24, 2.45) is 0 Å². The topological polar surface area (TPSA) is 68.2 Å². The second-order valence-corrected chi connectivity index (χ2v) is 7.46. The molecule has 0 spiro atoms. The van der Waals surface area contributed by atoms with Crippen LogP contribution in [0, 0.1) is 5.41 Å². The Morgan fingerprint density at radius 3 is 2.43 bits per heavy atom. The van der Waals surface area contributed by atoms with Crippen molar-refractivity contribution in [3.63, 3.8) is 0 Å². The molecule has 1 fully saturated rings. The Bertz CT molecular complexity index is 580. The van der Waals surface area contributed by atoms with E-state index in [1.165, 1.54) is 0 Å². The molecule has 23 heavy (non-hydrogen) atoms. The molecule has 1 saturated heterocycles. The normalized spacial score (nSPS) is 23.1. The summed E-state index contributed by atoms with van der Waals surface area (Å²) in [5.74, 6) is -0.199. The maximum Gasteiger partial charge on any atom is 0.257 e. The van der Waals surface area contributed by atoms with E-state index in [1.807, 2.05) is 18.2 Å². The number of hydrogen-bond acceptors (Lipinski definition) is 3. The molecule has 1 aromatic carbocycles. The van der Waals surface area contributed by atoms with Crippen LogP contribution in [0.5, 0.6) is 0 Å². The molecule has 3 N–H and O–H groups in total. The van der Waals surface area contributed by atoms with Crippen molar-refractivity contribution in [3.8, 4) is 0 Å². The van der Waals surface area contributed by atoms with E-state index in [4.69, 9.17) is 5.41 Å². The first kappa shape index (κ1) is 17.5. The van der Waals surface area contributed by atoms with Crippen LogP contribution in [0.3, 0.4) is 0 Å². The summed E-state index contributed by atoms with van der Waals surface area (Å²) in [4.78, 5) is 14.5. The summed E-state index contributed by atoms with van der Waals surface area (Å²) in [5.41, 5.74) is 0.586. The average Bonchev–Trinajstić information content (AvgIpc) is 2.50. The molecule has 5 nitrogen and oxygen atoms in total. The van der Waals surface area contributed by atoms with Crippen molar-refractivity contribution in [3.05, 3.63) is 35.9 Å². The van der Waals surface area contributed by atoms with Gasteiger partial charge in [0.1, 0.15) is 0 Å². The van der Waals surface area contributed by atoms with E-state index < -0.39 is 0 Å². The lowest BCUT2D eigenvalue weighted by Gasteiger charge is -2.55. The summed E-state index contributed by atoms with van der Waals surface area (Å²) in [6.07, 6.45) is 2.01. The predicted molar refractivity (Wildman–Crippen MR) is 93.7 cm³/mol. The summed E-state index contributed by atoms with van der Waals surface area (Å²) in [5, 5.41) is 13.9. The molecular formula is C18H28N4O. The molecular weight excluding hydrogens is 288 g/mol. The average molecular weight is 316 g/mol. The van der Waals surface area contributed by atoms with E-state index in [0.29, 0.717) is 5.56 Å². The number of benzene rings is 1. The first-order chi connectivity index (χ1) is 10.6. The number of piperidine rings is 1.